The molecule has 0 aliphatic rings. The van der Waals surface area contributed by atoms with Gasteiger partial charge in [0.15, 0.2) is 5.69 Å². The first-order chi connectivity index (χ1) is 15.2. The van der Waals surface area contributed by atoms with Gasteiger partial charge in [-0.05, 0) is 53.9 Å². The third kappa shape index (κ3) is 5.15. The van der Waals surface area contributed by atoms with Crippen LogP contribution in [0.15, 0.2) is 60.0 Å². The molecule has 0 spiro atoms. The first-order valence-electron chi connectivity index (χ1n) is 9.35. The normalized spacial score (nSPS) is 12.2. The minimum atomic E-state index is -4.62. The van der Waals surface area contributed by atoms with Crippen LogP contribution in [0.1, 0.15) is 27.3 Å². The van der Waals surface area contributed by atoms with Gasteiger partial charge in [-0.3, -0.25) is 14.8 Å². The molecule has 0 radical (unpaired) electrons. The Hall–Kier alpha value is -4.08. The zero-order chi connectivity index (χ0) is 23.3. The highest BCUT2D eigenvalue weighted by Gasteiger charge is 2.32. The molecule has 0 atom stereocenters. The van der Waals surface area contributed by atoms with Gasteiger partial charge >= 0.3 is 6.18 Å². The summed E-state index contributed by atoms with van der Waals surface area (Å²) < 4.78 is 38.6. The number of carbonyl (C=O) groups excluding carboxylic acids is 1. The number of anilines is 1. The smallest absolute Gasteiger partial charge is 0.404 e. The number of allylic oxidation sites excluding steroid dienone is 1. The maximum atomic E-state index is 12.9. The Morgan fingerprint density at radius 2 is 1.94 bits per heavy atom. The molecule has 3 rings (SSSR count). The molecule has 7 nitrogen and oxygen atoms in total. The molecule has 0 unspecified atom stereocenters. The summed E-state index contributed by atoms with van der Waals surface area (Å²) in [5, 5.41) is 9.35. The Labute approximate surface area is 181 Å². The first-order valence-corrected chi connectivity index (χ1v) is 9.35. The summed E-state index contributed by atoms with van der Waals surface area (Å²) >= 11 is 0. The number of hydrogen-bond acceptors (Lipinski definition) is 6. The standard InChI is InChI=1S/C22H19F3N6O/c1-13-3-4-17(30-21(32)20-8-16(12-29-31-20)22(23,24)25)9-18(13)14-5-6-28-19(7-14)15(10-26)11-27-2/h3-12H,26H2,1-2H3,(H,30,32)/b15-10+,27-11?. The van der Waals surface area contributed by atoms with Gasteiger partial charge in [0, 0.05) is 36.9 Å². The van der Waals surface area contributed by atoms with Crippen LogP contribution in [0, 0.1) is 6.92 Å². The molecular weight excluding hydrogens is 421 g/mol. The van der Waals surface area contributed by atoms with E-state index in [0.717, 1.165) is 16.7 Å². The van der Waals surface area contributed by atoms with E-state index < -0.39 is 23.3 Å². The lowest BCUT2D eigenvalue weighted by molar-refractivity contribution is -0.137. The topological polar surface area (TPSA) is 106 Å². The van der Waals surface area contributed by atoms with Crippen molar-refractivity contribution in [3.8, 4) is 11.1 Å². The number of nitrogens with zero attached hydrogens (tertiary/aromatic N) is 4. The van der Waals surface area contributed by atoms with Gasteiger partial charge in [0.1, 0.15) is 0 Å². The number of aromatic nitrogens is 3. The number of halogens is 3. The molecule has 0 aliphatic carbocycles. The third-order valence-corrected chi connectivity index (χ3v) is 4.52. The Kier molecular flexibility index (Phi) is 6.62. The molecule has 0 fully saturated rings. The summed E-state index contributed by atoms with van der Waals surface area (Å²) in [5.41, 5.74) is 8.34. The Bertz CT molecular complexity index is 1200. The fourth-order valence-electron chi connectivity index (χ4n) is 2.93. The van der Waals surface area contributed by atoms with Gasteiger partial charge in [0.25, 0.3) is 5.91 Å². The van der Waals surface area contributed by atoms with Gasteiger partial charge < -0.3 is 11.1 Å². The van der Waals surface area contributed by atoms with E-state index >= 15 is 0 Å². The van der Waals surface area contributed by atoms with Crippen LogP contribution >= 0.6 is 0 Å². The van der Waals surface area contributed by atoms with Crippen LogP contribution < -0.4 is 11.1 Å². The van der Waals surface area contributed by atoms with Crippen molar-refractivity contribution in [1.29, 1.82) is 0 Å². The quantitative estimate of drug-likeness (QED) is 0.581. The predicted octanol–water partition coefficient (Wildman–Crippen LogP) is 4.12. The van der Waals surface area contributed by atoms with Crippen molar-refractivity contribution in [2.45, 2.75) is 13.1 Å². The van der Waals surface area contributed by atoms with Crippen LogP contribution in [-0.2, 0) is 6.18 Å². The number of benzene rings is 1. The molecule has 0 saturated heterocycles. The minimum absolute atomic E-state index is 0.387. The molecule has 0 saturated carbocycles. The monoisotopic (exact) mass is 440 g/mol. The van der Waals surface area contributed by atoms with Crippen molar-refractivity contribution in [3.63, 3.8) is 0 Å². The predicted molar refractivity (Wildman–Crippen MR) is 116 cm³/mol. The molecule has 1 amide bonds. The van der Waals surface area contributed by atoms with Crippen molar-refractivity contribution < 1.29 is 18.0 Å². The molecule has 0 aliphatic heterocycles. The minimum Gasteiger partial charge on any atom is -0.404 e. The van der Waals surface area contributed by atoms with Gasteiger partial charge in [-0.2, -0.15) is 18.3 Å². The SMILES string of the molecule is CN=C/C(=C\N)c1cc(-c2cc(NC(=O)c3cc(C(F)(F)F)cnn3)ccc2C)ccn1. The molecule has 0 bridgehead atoms. The van der Waals surface area contributed by atoms with Gasteiger partial charge in [-0.25, -0.2) is 0 Å². The summed E-state index contributed by atoms with van der Waals surface area (Å²) in [6.45, 7) is 1.90. The van der Waals surface area contributed by atoms with E-state index in [9.17, 15) is 18.0 Å². The lowest BCUT2D eigenvalue weighted by Gasteiger charge is -2.12. The van der Waals surface area contributed by atoms with E-state index in [1.54, 1.807) is 43.7 Å². The molecule has 3 aromatic rings. The van der Waals surface area contributed by atoms with E-state index in [4.69, 9.17) is 5.73 Å². The number of aryl methyl sites for hydroxylation is 1. The Balaban J connectivity index is 1.91. The van der Waals surface area contributed by atoms with Crippen LogP contribution in [0.25, 0.3) is 16.7 Å². The number of nitrogens with two attached hydrogens (primary N) is 1. The van der Waals surface area contributed by atoms with E-state index in [1.165, 1.54) is 6.20 Å². The molecule has 164 valence electrons. The number of nitrogens with one attached hydrogen (secondary N) is 1. The number of alkyl halides is 3. The number of amides is 1. The van der Waals surface area contributed by atoms with E-state index in [0.29, 0.717) is 29.2 Å². The molecule has 32 heavy (non-hydrogen) atoms. The summed E-state index contributed by atoms with van der Waals surface area (Å²) in [7, 11) is 1.62. The number of pyridine rings is 1. The summed E-state index contributed by atoms with van der Waals surface area (Å²) in [6.07, 6.45) is 0.556. The highest BCUT2D eigenvalue weighted by atomic mass is 19.4. The van der Waals surface area contributed by atoms with Gasteiger partial charge in [-0.15, -0.1) is 5.10 Å². The second-order valence-corrected chi connectivity index (χ2v) is 6.75. The molecule has 2 aromatic heterocycles. The van der Waals surface area contributed by atoms with Crippen LogP contribution in [0.4, 0.5) is 18.9 Å². The molecule has 10 heteroatoms. The van der Waals surface area contributed by atoms with Crippen LogP contribution in [-0.4, -0.2) is 34.4 Å². The van der Waals surface area contributed by atoms with Crippen molar-refractivity contribution in [3.05, 3.63) is 77.5 Å². The molecule has 2 heterocycles. The molecule has 3 N–H and O–H groups in total. The first kappa shape index (κ1) is 22.6. The number of hydrogen-bond donors (Lipinski definition) is 2. The number of aliphatic imine (C=N–C) groups is 1. The number of carbonyl (C=O) groups is 1. The van der Waals surface area contributed by atoms with E-state index in [2.05, 4.69) is 25.5 Å². The number of rotatable bonds is 5. The summed E-state index contributed by atoms with van der Waals surface area (Å²) in [6, 6.07) is 9.43. The van der Waals surface area contributed by atoms with Crippen molar-refractivity contribution in [2.24, 2.45) is 10.7 Å². The average Bonchev–Trinajstić information content (AvgIpc) is 2.78. The van der Waals surface area contributed by atoms with Gasteiger partial charge in [0.2, 0.25) is 0 Å². The van der Waals surface area contributed by atoms with E-state index in [1.807, 2.05) is 13.0 Å². The lowest BCUT2D eigenvalue weighted by atomic mass is 9.99. The zero-order valence-corrected chi connectivity index (χ0v) is 17.2. The second kappa shape index (κ2) is 9.38. The Morgan fingerprint density at radius 3 is 2.62 bits per heavy atom. The highest BCUT2D eigenvalue weighted by molar-refractivity contribution is 6.09. The van der Waals surface area contributed by atoms with Crippen molar-refractivity contribution in [2.75, 3.05) is 12.4 Å². The summed E-state index contributed by atoms with van der Waals surface area (Å²) in [4.78, 5) is 20.7. The van der Waals surface area contributed by atoms with Crippen LogP contribution in [0.5, 0.6) is 0 Å². The molecule has 1 aromatic carbocycles. The Morgan fingerprint density at radius 1 is 1.16 bits per heavy atom. The molecular formula is C22H19F3N6O. The van der Waals surface area contributed by atoms with Gasteiger partial charge in [0.05, 0.1) is 17.5 Å². The zero-order valence-electron chi connectivity index (χ0n) is 17.2. The largest absolute Gasteiger partial charge is 0.418 e. The lowest BCUT2D eigenvalue weighted by Crippen LogP contribution is -2.16. The maximum Gasteiger partial charge on any atom is 0.418 e. The van der Waals surface area contributed by atoms with Crippen molar-refractivity contribution in [1.82, 2.24) is 15.2 Å². The van der Waals surface area contributed by atoms with Gasteiger partial charge in [-0.1, -0.05) is 6.07 Å². The fraction of sp³-hybridized carbons (Fsp3) is 0.136. The van der Waals surface area contributed by atoms with E-state index in [-0.39, 0.29) is 0 Å². The van der Waals surface area contributed by atoms with Crippen LogP contribution in [0.2, 0.25) is 0 Å². The maximum absolute atomic E-state index is 12.9. The second-order valence-electron chi connectivity index (χ2n) is 6.75. The summed E-state index contributed by atoms with van der Waals surface area (Å²) in [5.74, 6) is -0.804. The fourth-order valence-corrected chi connectivity index (χ4v) is 2.93. The highest BCUT2D eigenvalue weighted by Crippen LogP contribution is 2.30. The third-order valence-electron chi connectivity index (χ3n) is 4.52. The average molecular weight is 440 g/mol. The van der Waals surface area contributed by atoms with Crippen LogP contribution in [0.3, 0.4) is 0 Å². The van der Waals surface area contributed by atoms with Crippen molar-refractivity contribution >= 4 is 23.4 Å².